The summed E-state index contributed by atoms with van der Waals surface area (Å²) < 4.78 is 13.0. The number of carbonyl (C=O) groups is 1. The molecule has 1 N–H and O–H groups in total. The molecule has 2 aromatic carbocycles. The van der Waals surface area contributed by atoms with Crippen molar-refractivity contribution in [2.75, 3.05) is 32.8 Å². The third-order valence-corrected chi connectivity index (χ3v) is 5.94. The minimum atomic E-state index is -0.0830. The molecule has 0 radical (unpaired) electrons. The van der Waals surface area contributed by atoms with E-state index < -0.39 is 0 Å². The van der Waals surface area contributed by atoms with E-state index in [4.69, 9.17) is 9.47 Å². The molecule has 7 heteroatoms. The van der Waals surface area contributed by atoms with E-state index >= 15 is 0 Å². The Morgan fingerprint density at radius 3 is 2.83 bits per heavy atom. The van der Waals surface area contributed by atoms with Gasteiger partial charge in [-0.25, -0.2) is 4.98 Å². The molecule has 0 aliphatic carbocycles. The third kappa shape index (κ3) is 5.05. The van der Waals surface area contributed by atoms with Crippen LogP contribution >= 0.6 is 11.3 Å². The number of nitrogens with one attached hydrogen (secondary N) is 1. The SMILES string of the molecule is CCN(CC(=O)NCCc1nc2ccccc2s1)CC1COc2ccccc2O1. The second-order valence-corrected chi connectivity index (χ2v) is 8.12. The Bertz CT molecular complexity index is 942. The second kappa shape index (κ2) is 9.24. The van der Waals surface area contributed by atoms with Crippen LogP contribution in [0.3, 0.4) is 0 Å². The summed E-state index contributed by atoms with van der Waals surface area (Å²) >= 11 is 1.68. The van der Waals surface area contributed by atoms with Crippen molar-refractivity contribution in [1.82, 2.24) is 15.2 Å². The van der Waals surface area contributed by atoms with Crippen LogP contribution in [-0.4, -0.2) is 54.7 Å². The van der Waals surface area contributed by atoms with Crippen molar-refractivity contribution in [3.63, 3.8) is 0 Å². The molecule has 0 fully saturated rings. The molecule has 1 amide bonds. The summed E-state index contributed by atoms with van der Waals surface area (Å²) in [5, 5.41) is 4.05. The summed E-state index contributed by atoms with van der Waals surface area (Å²) in [6, 6.07) is 15.8. The molecule has 1 aromatic heterocycles. The van der Waals surface area contributed by atoms with Crippen LogP contribution in [0.4, 0.5) is 0 Å². The minimum Gasteiger partial charge on any atom is -0.486 e. The highest BCUT2D eigenvalue weighted by molar-refractivity contribution is 7.18. The van der Waals surface area contributed by atoms with E-state index in [2.05, 4.69) is 21.3 Å². The number of ether oxygens (including phenoxy) is 2. The van der Waals surface area contributed by atoms with Crippen LogP contribution in [0.1, 0.15) is 11.9 Å². The predicted octanol–water partition coefficient (Wildman–Crippen LogP) is 3.12. The quantitative estimate of drug-likeness (QED) is 0.617. The zero-order valence-electron chi connectivity index (χ0n) is 16.5. The monoisotopic (exact) mass is 411 g/mol. The lowest BCUT2D eigenvalue weighted by Gasteiger charge is -2.30. The Morgan fingerprint density at radius 2 is 2.00 bits per heavy atom. The van der Waals surface area contributed by atoms with Crippen LogP contribution in [0, 0.1) is 0 Å². The van der Waals surface area contributed by atoms with Crippen LogP contribution in [0.2, 0.25) is 0 Å². The highest BCUT2D eigenvalue weighted by atomic mass is 32.1. The van der Waals surface area contributed by atoms with Gasteiger partial charge in [0.2, 0.25) is 5.91 Å². The Kier molecular flexibility index (Phi) is 6.27. The van der Waals surface area contributed by atoms with Gasteiger partial charge in [0, 0.05) is 19.5 Å². The number of hydrogen-bond acceptors (Lipinski definition) is 6. The van der Waals surface area contributed by atoms with E-state index in [1.54, 1.807) is 11.3 Å². The van der Waals surface area contributed by atoms with Crippen molar-refractivity contribution in [2.24, 2.45) is 0 Å². The summed E-state index contributed by atoms with van der Waals surface area (Å²) in [7, 11) is 0. The third-order valence-electron chi connectivity index (χ3n) is 4.84. The summed E-state index contributed by atoms with van der Waals surface area (Å²) in [5.41, 5.74) is 1.02. The molecule has 0 spiro atoms. The lowest BCUT2D eigenvalue weighted by Crippen LogP contribution is -2.45. The van der Waals surface area contributed by atoms with Gasteiger partial charge in [0.25, 0.3) is 0 Å². The van der Waals surface area contributed by atoms with E-state index in [0.717, 1.165) is 35.0 Å². The van der Waals surface area contributed by atoms with Crippen LogP contribution in [-0.2, 0) is 11.2 Å². The van der Waals surface area contributed by atoms with Crippen molar-refractivity contribution in [3.05, 3.63) is 53.5 Å². The average molecular weight is 412 g/mol. The number of amides is 1. The molecule has 1 unspecified atom stereocenters. The van der Waals surface area contributed by atoms with Gasteiger partial charge in [0.05, 0.1) is 21.8 Å². The van der Waals surface area contributed by atoms with Gasteiger partial charge < -0.3 is 14.8 Å². The van der Waals surface area contributed by atoms with Gasteiger partial charge in [-0.15, -0.1) is 11.3 Å². The van der Waals surface area contributed by atoms with E-state index in [-0.39, 0.29) is 12.0 Å². The highest BCUT2D eigenvalue weighted by Gasteiger charge is 2.23. The number of rotatable bonds is 8. The predicted molar refractivity (Wildman–Crippen MR) is 115 cm³/mol. The fraction of sp³-hybridized carbons (Fsp3) is 0.364. The van der Waals surface area contributed by atoms with Gasteiger partial charge in [-0.05, 0) is 30.8 Å². The lowest BCUT2D eigenvalue weighted by atomic mass is 10.2. The molecular weight excluding hydrogens is 386 g/mol. The number of aromatic nitrogens is 1. The molecule has 6 nitrogen and oxygen atoms in total. The molecule has 2 heterocycles. The van der Waals surface area contributed by atoms with Gasteiger partial charge in [-0.3, -0.25) is 9.69 Å². The molecule has 0 saturated carbocycles. The Morgan fingerprint density at radius 1 is 1.21 bits per heavy atom. The van der Waals surface area contributed by atoms with Gasteiger partial charge in [-0.2, -0.15) is 0 Å². The molecule has 0 saturated heterocycles. The van der Waals surface area contributed by atoms with Crippen molar-refractivity contribution in [2.45, 2.75) is 19.4 Å². The van der Waals surface area contributed by atoms with E-state index in [1.165, 1.54) is 4.70 Å². The second-order valence-electron chi connectivity index (χ2n) is 7.00. The fourth-order valence-electron chi connectivity index (χ4n) is 3.34. The number of para-hydroxylation sites is 3. The maximum absolute atomic E-state index is 12.4. The van der Waals surface area contributed by atoms with Crippen LogP contribution < -0.4 is 14.8 Å². The summed E-state index contributed by atoms with van der Waals surface area (Å²) in [5.74, 6) is 1.56. The van der Waals surface area contributed by atoms with Crippen molar-refractivity contribution < 1.29 is 14.3 Å². The number of fused-ring (bicyclic) bond motifs is 2. The van der Waals surface area contributed by atoms with Crippen LogP contribution in [0.25, 0.3) is 10.2 Å². The summed E-state index contributed by atoms with van der Waals surface area (Å²) in [4.78, 5) is 19.1. The summed E-state index contributed by atoms with van der Waals surface area (Å²) in [6.07, 6.45) is 0.661. The summed E-state index contributed by atoms with van der Waals surface area (Å²) in [6.45, 7) is 4.90. The average Bonchev–Trinajstić information content (AvgIpc) is 3.16. The molecule has 0 bridgehead atoms. The van der Waals surface area contributed by atoms with E-state index in [0.29, 0.717) is 26.2 Å². The zero-order chi connectivity index (χ0) is 20.1. The first-order chi connectivity index (χ1) is 14.2. The smallest absolute Gasteiger partial charge is 0.234 e. The Balaban J connectivity index is 1.22. The number of thiazole rings is 1. The zero-order valence-corrected chi connectivity index (χ0v) is 17.3. The van der Waals surface area contributed by atoms with Gasteiger partial charge in [0.15, 0.2) is 11.5 Å². The van der Waals surface area contributed by atoms with Crippen molar-refractivity contribution in [1.29, 1.82) is 0 Å². The number of benzene rings is 2. The molecule has 29 heavy (non-hydrogen) atoms. The number of carbonyl (C=O) groups excluding carboxylic acids is 1. The molecule has 1 aliphatic heterocycles. The normalized spacial score (nSPS) is 15.6. The van der Waals surface area contributed by atoms with Gasteiger partial charge >= 0.3 is 0 Å². The fourth-order valence-corrected chi connectivity index (χ4v) is 4.31. The Hall–Kier alpha value is -2.64. The highest BCUT2D eigenvalue weighted by Crippen LogP contribution is 2.31. The minimum absolute atomic E-state index is 0.0186. The number of hydrogen-bond donors (Lipinski definition) is 1. The molecule has 1 aliphatic rings. The maximum atomic E-state index is 12.4. The first-order valence-electron chi connectivity index (χ1n) is 9.93. The molecule has 4 rings (SSSR count). The van der Waals surface area contributed by atoms with Gasteiger partial charge in [0.1, 0.15) is 12.7 Å². The largest absolute Gasteiger partial charge is 0.486 e. The first-order valence-corrected chi connectivity index (χ1v) is 10.7. The van der Waals surface area contributed by atoms with E-state index in [9.17, 15) is 4.79 Å². The maximum Gasteiger partial charge on any atom is 0.234 e. The molecule has 3 aromatic rings. The number of likely N-dealkylation sites (N-methyl/N-ethyl adjacent to an activating group) is 1. The molecular formula is C22H25N3O3S. The van der Waals surface area contributed by atoms with Crippen LogP contribution in [0.5, 0.6) is 11.5 Å². The van der Waals surface area contributed by atoms with E-state index in [1.807, 2.05) is 49.4 Å². The first kappa shape index (κ1) is 19.7. The van der Waals surface area contributed by atoms with Crippen molar-refractivity contribution in [3.8, 4) is 11.5 Å². The molecule has 152 valence electrons. The van der Waals surface area contributed by atoms with Crippen LogP contribution in [0.15, 0.2) is 48.5 Å². The van der Waals surface area contributed by atoms with Crippen molar-refractivity contribution >= 4 is 27.5 Å². The topological polar surface area (TPSA) is 63.7 Å². The molecule has 1 atom stereocenters. The Labute approximate surface area is 174 Å². The standard InChI is InChI=1S/C22H25N3O3S/c1-2-25(13-16-15-27-18-8-4-5-9-19(18)28-16)14-21(26)23-12-11-22-24-17-7-3-6-10-20(17)29-22/h3-10,16H,2,11-15H2,1H3,(H,23,26). The number of nitrogens with zero attached hydrogens (tertiary/aromatic N) is 2. The lowest BCUT2D eigenvalue weighted by molar-refractivity contribution is -0.122. The van der Waals surface area contributed by atoms with Gasteiger partial charge in [-0.1, -0.05) is 31.2 Å².